The average molecular weight is 405 g/mol. The molecule has 2 aromatic heterocycles. The first kappa shape index (κ1) is 19.9. The minimum Gasteiger partial charge on any atom is -0.389 e. The van der Waals surface area contributed by atoms with Gasteiger partial charge in [-0.15, -0.1) is 12.3 Å². The van der Waals surface area contributed by atoms with Crippen LogP contribution in [0.5, 0.6) is 0 Å². The standard InChI is InChI=1S/C22H23N5O3/c1-2-8-22(30)12-15(13-22)21(29)27-10-5-6-16(27)14-24-20(28)19-11-18(25-26-19)17-7-3-4-9-23-17/h1,3-7,9,11,15-16,30H,8,10,12-14H2,(H,24,28)(H,25,26). The molecule has 1 saturated carbocycles. The molecule has 0 bridgehead atoms. The fraction of sp³-hybridized carbons (Fsp3) is 0.364. The van der Waals surface area contributed by atoms with Gasteiger partial charge in [-0.3, -0.25) is 19.7 Å². The van der Waals surface area contributed by atoms with Gasteiger partial charge in [0.15, 0.2) is 0 Å². The maximum Gasteiger partial charge on any atom is 0.269 e. The van der Waals surface area contributed by atoms with Crippen molar-refractivity contribution in [3.05, 3.63) is 48.3 Å². The Morgan fingerprint density at radius 1 is 1.37 bits per heavy atom. The highest BCUT2D eigenvalue weighted by Gasteiger charge is 2.47. The topological polar surface area (TPSA) is 111 Å². The summed E-state index contributed by atoms with van der Waals surface area (Å²) in [5.41, 5.74) is 0.669. The molecule has 154 valence electrons. The number of nitrogens with one attached hydrogen (secondary N) is 2. The highest BCUT2D eigenvalue weighted by Crippen LogP contribution is 2.41. The van der Waals surface area contributed by atoms with Gasteiger partial charge >= 0.3 is 0 Å². The van der Waals surface area contributed by atoms with Crippen LogP contribution >= 0.6 is 0 Å². The Labute approximate surface area is 174 Å². The summed E-state index contributed by atoms with van der Waals surface area (Å²) in [7, 11) is 0. The maximum atomic E-state index is 12.8. The molecule has 2 amide bonds. The molecule has 1 atom stereocenters. The number of carbonyl (C=O) groups excluding carboxylic acids is 2. The fourth-order valence-electron chi connectivity index (χ4n) is 3.98. The number of hydrogen-bond donors (Lipinski definition) is 3. The van der Waals surface area contributed by atoms with Gasteiger partial charge in [0, 0.05) is 31.6 Å². The van der Waals surface area contributed by atoms with Crippen molar-refractivity contribution in [2.75, 3.05) is 13.1 Å². The first-order chi connectivity index (χ1) is 14.5. The van der Waals surface area contributed by atoms with E-state index in [4.69, 9.17) is 6.42 Å². The molecule has 30 heavy (non-hydrogen) atoms. The second kappa shape index (κ2) is 8.13. The van der Waals surface area contributed by atoms with Crippen LogP contribution in [0.15, 0.2) is 42.6 Å². The van der Waals surface area contributed by atoms with Crippen molar-refractivity contribution in [1.82, 2.24) is 25.4 Å². The van der Waals surface area contributed by atoms with Crippen LogP contribution in [-0.4, -0.2) is 61.7 Å². The van der Waals surface area contributed by atoms with Gasteiger partial charge in [-0.1, -0.05) is 18.2 Å². The molecule has 0 spiro atoms. The van der Waals surface area contributed by atoms with Crippen molar-refractivity contribution in [1.29, 1.82) is 0 Å². The van der Waals surface area contributed by atoms with E-state index in [2.05, 4.69) is 26.4 Å². The molecule has 0 saturated heterocycles. The number of terminal acetylenes is 1. The summed E-state index contributed by atoms with van der Waals surface area (Å²) in [4.78, 5) is 31.2. The average Bonchev–Trinajstić information content (AvgIpc) is 3.40. The van der Waals surface area contributed by atoms with Crippen LogP contribution in [0.4, 0.5) is 0 Å². The monoisotopic (exact) mass is 405 g/mol. The number of aromatic amines is 1. The summed E-state index contributed by atoms with van der Waals surface area (Å²) in [5, 5.41) is 19.9. The summed E-state index contributed by atoms with van der Waals surface area (Å²) >= 11 is 0. The van der Waals surface area contributed by atoms with Gasteiger partial charge in [0.05, 0.1) is 17.3 Å². The SMILES string of the molecule is C#CCC1(O)CC(C(=O)N2CC=CC2CNC(=O)c2cc(-c3ccccn3)n[nH]2)C1. The van der Waals surface area contributed by atoms with E-state index in [1.54, 1.807) is 17.2 Å². The third-order valence-corrected chi connectivity index (χ3v) is 5.60. The lowest BCUT2D eigenvalue weighted by molar-refractivity contribution is -0.151. The van der Waals surface area contributed by atoms with Gasteiger partial charge in [0.25, 0.3) is 5.91 Å². The number of carbonyl (C=O) groups is 2. The lowest BCUT2D eigenvalue weighted by atomic mass is 9.68. The van der Waals surface area contributed by atoms with E-state index in [0.717, 1.165) is 0 Å². The Kier molecular flexibility index (Phi) is 5.38. The third-order valence-electron chi connectivity index (χ3n) is 5.60. The van der Waals surface area contributed by atoms with Gasteiger partial charge in [-0.05, 0) is 31.0 Å². The van der Waals surface area contributed by atoms with Crippen LogP contribution in [0.1, 0.15) is 29.8 Å². The van der Waals surface area contributed by atoms with Crippen LogP contribution in [0.3, 0.4) is 0 Å². The number of hydrogen-bond acceptors (Lipinski definition) is 5. The molecule has 0 radical (unpaired) electrons. The minimum atomic E-state index is -0.919. The van der Waals surface area contributed by atoms with Crippen LogP contribution < -0.4 is 5.32 Å². The quantitative estimate of drug-likeness (QED) is 0.493. The highest BCUT2D eigenvalue weighted by atomic mass is 16.3. The molecule has 8 heteroatoms. The Morgan fingerprint density at radius 2 is 2.20 bits per heavy atom. The Morgan fingerprint density at radius 3 is 2.93 bits per heavy atom. The number of aliphatic hydroxyl groups is 1. The molecular weight excluding hydrogens is 382 g/mol. The van der Waals surface area contributed by atoms with E-state index in [9.17, 15) is 14.7 Å². The molecule has 1 fully saturated rings. The van der Waals surface area contributed by atoms with Gasteiger partial charge in [0.1, 0.15) is 11.4 Å². The first-order valence-corrected chi connectivity index (χ1v) is 9.87. The number of rotatable bonds is 6. The van der Waals surface area contributed by atoms with Gasteiger partial charge in [-0.2, -0.15) is 5.10 Å². The molecule has 1 aliphatic carbocycles. The first-order valence-electron chi connectivity index (χ1n) is 9.87. The van der Waals surface area contributed by atoms with Crippen LogP contribution in [0, 0.1) is 18.3 Å². The van der Waals surface area contributed by atoms with Crippen LogP contribution in [-0.2, 0) is 4.79 Å². The van der Waals surface area contributed by atoms with Crippen molar-refractivity contribution in [3.63, 3.8) is 0 Å². The van der Waals surface area contributed by atoms with Gasteiger partial charge in [0.2, 0.25) is 5.91 Å². The van der Waals surface area contributed by atoms with Gasteiger partial charge in [-0.25, -0.2) is 0 Å². The summed E-state index contributed by atoms with van der Waals surface area (Å²) in [6, 6.07) is 6.90. The zero-order valence-corrected chi connectivity index (χ0v) is 16.4. The Balaban J connectivity index is 1.32. The largest absolute Gasteiger partial charge is 0.389 e. The van der Waals surface area contributed by atoms with Crippen molar-refractivity contribution in [2.45, 2.75) is 30.9 Å². The molecule has 2 aromatic rings. The molecule has 3 N–H and O–H groups in total. The van der Waals surface area contributed by atoms with Crippen LogP contribution in [0.25, 0.3) is 11.4 Å². The summed E-state index contributed by atoms with van der Waals surface area (Å²) in [6.45, 7) is 0.789. The Bertz CT molecular complexity index is 1000. The summed E-state index contributed by atoms with van der Waals surface area (Å²) < 4.78 is 0. The predicted molar refractivity (Wildman–Crippen MR) is 110 cm³/mol. The number of pyridine rings is 1. The van der Waals surface area contributed by atoms with E-state index < -0.39 is 5.60 Å². The van der Waals surface area contributed by atoms with E-state index in [1.165, 1.54) is 0 Å². The molecule has 2 aliphatic rings. The number of nitrogens with zero attached hydrogens (tertiary/aromatic N) is 3. The molecule has 1 unspecified atom stereocenters. The summed E-state index contributed by atoms with van der Waals surface area (Å²) in [5.74, 6) is 1.92. The lowest BCUT2D eigenvalue weighted by Gasteiger charge is -2.43. The van der Waals surface area contributed by atoms with Crippen molar-refractivity contribution >= 4 is 11.8 Å². The zero-order chi connectivity index (χ0) is 21.1. The van der Waals surface area contributed by atoms with Crippen LogP contribution in [0.2, 0.25) is 0 Å². The molecule has 8 nitrogen and oxygen atoms in total. The van der Waals surface area contributed by atoms with E-state index >= 15 is 0 Å². The number of aromatic nitrogens is 3. The second-order valence-electron chi connectivity index (χ2n) is 7.79. The van der Waals surface area contributed by atoms with Crippen molar-refractivity contribution in [2.24, 2.45) is 5.92 Å². The molecular formula is C22H23N5O3. The zero-order valence-electron chi connectivity index (χ0n) is 16.4. The molecule has 1 aliphatic heterocycles. The lowest BCUT2D eigenvalue weighted by Crippen LogP contribution is -2.53. The van der Waals surface area contributed by atoms with E-state index in [-0.39, 0.29) is 30.2 Å². The fourth-order valence-corrected chi connectivity index (χ4v) is 3.98. The van der Waals surface area contributed by atoms with Crippen molar-refractivity contribution in [3.8, 4) is 23.7 Å². The molecule has 0 aromatic carbocycles. The predicted octanol–water partition coefficient (Wildman–Crippen LogP) is 1.13. The summed E-state index contributed by atoms with van der Waals surface area (Å²) in [6.07, 6.45) is 11.8. The van der Waals surface area contributed by atoms with E-state index in [0.29, 0.717) is 43.0 Å². The highest BCUT2D eigenvalue weighted by molar-refractivity contribution is 5.93. The molecule has 3 heterocycles. The van der Waals surface area contributed by atoms with Gasteiger partial charge < -0.3 is 15.3 Å². The van der Waals surface area contributed by atoms with E-state index in [1.807, 2.05) is 30.4 Å². The number of amides is 2. The smallest absolute Gasteiger partial charge is 0.269 e. The minimum absolute atomic E-state index is 0.0140. The molecule has 4 rings (SSSR count). The Hall–Kier alpha value is -3.44. The third kappa shape index (κ3) is 3.98. The van der Waals surface area contributed by atoms with Crippen molar-refractivity contribution < 1.29 is 14.7 Å². The normalized spacial score (nSPS) is 24.9. The second-order valence-corrected chi connectivity index (χ2v) is 7.79. The maximum absolute atomic E-state index is 12.8. The number of H-pyrrole nitrogens is 1.